The summed E-state index contributed by atoms with van der Waals surface area (Å²) in [5.74, 6) is 0.933. The van der Waals surface area contributed by atoms with Gasteiger partial charge in [0.15, 0.2) is 11.5 Å². The summed E-state index contributed by atoms with van der Waals surface area (Å²) in [6.45, 7) is 5.53. The van der Waals surface area contributed by atoms with Crippen molar-refractivity contribution in [3.05, 3.63) is 12.1 Å². The zero-order chi connectivity index (χ0) is 14.8. The number of hydrogen-bond donors (Lipinski definition) is 1. The lowest BCUT2D eigenvalue weighted by Crippen LogP contribution is -2.45. The van der Waals surface area contributed by atoms with Crippen molar-refractivity contribution < 1.29 is 4.79 Å². The molecular formula is C13H19N7O. The van der Waals surface area contributed by atoms with E-state index in [1.54, 1.807) is 0 Å². The van der Waals surface area contributed by atoms with Gasteiger partial charge in [0.2, 0.25) is 5.91 Å². The molecule has 1 atom stereocenters. The molecule has 3 heterocycles. The van der Waals surface area contributed by atoms with Crippen LogP contribution in [0.1, 0.15) is 26.7 Å². The lowest BCUT2D eigenvalue weighted by Gasteiger charge is -2.32. The fraction of sp³-hybridized carbons (Fsp3) is 0.615. The molecule has 1 unspecified atom stereocenters. The van der Waals surface area contributed by atoms with E-state index in [2.05, 4.69) is 30.8 Å². The molecule has 0 aliphatic carbocycles. The molecule has 8 heteroatoms. The quantitative estimate of drug-likeness (QED) is 0.872. The molecule has 112 valence electrons. The van der Waals surface area contributed by atoms with E-state index in [0.717, 1.165) is 25.2 Å². The summed E-state index contributed by atoms with van der Waals surface area (Å²) < 4.78 is 1.41. The van der Waals surface area contributed by atoms with Crippen molar-refractivity contribution in [1.29, 1.82) is 0 Å². The van der Waals surface area contributed by atoms with Gasteiger partial charge in [-0.3, -0.25) is 4.79 Å². The second kappa shape index (κ2) is 5.63. The number of anilines is 1. The Morgan fingerprint density at radius 2 is 2.29 bits per heavy atom. The first-order valence-corrected chi connectivity index (χ1v) is 7.24. The molecule has 0 radical (unpaired) electrons. The van der Waals surface area contributed by atoms with E-state index < -0.39 is 0 Å². The normalized spacial score (nSPS) is 19.2. The molecule has 0 saturated carbocycles. The van der Waals surface area contributed by atoms with Crippen LogP contribution in [-0.4, -0.2) is 50.3 Å². The molecule has 2 aromatic heterocycles. The highest BCUT2D eigenvalue weighted by molar-refractivity contribution is 5.79. The van der Waals surface area contributed by atoms with Crippen LogP contribution in [-0.2, 0) is 4.79 Å². The van der Waals surface area contributed by atoms with Crippen LogP contribution < -0.4 is 10.2 Å². The number of amides is 1. The maximum atomic E-state index is 12.2. The summed E-state index contributed by atoms with van der Waals surface area (Å²) in [5.41, 5.74) is 0.616. The molecule has 21 heavy (non-hydrogen) atoms. The molecule has 0 spiro atoms. The fourth-order valence-electron chi connectivity index (χ4n) is 2.61. The second-order valence-corrected chi connectivity index (χ2v) is 5.67. The smallest absolute Gasteiger partial charge is 0.225 e. The number of carbonyl (C=O) groups is 1. The molecule has 1 amide bonds. The van der Waals surface area contributed by atoms with Gasteiger partial charge in [0.1, 0.15) is 0 Å². The highest BCUT2D eigenvalue weighted by Crippen LogP contribution is 2.21. The molecule has 1 fully saturated rings. The lowest BCUT2D eigenvalue weighted by molar-refractivity contribution is -0.125. The number of hydrogen-bond acceptors (Lipinski definition) is 6. The number of fused-ring (bicyclic) bond motifs is 1. The monoisotopic (exact) mass is 289 g/mol. The predicted molar refractivity (Wildman–Crippen MR) is 76.8 cm³/mol. The number of nitrogens with zero attached hydrogens (tertiary/aromatic N) is 6. The van der Waals surface area contributed by atoms with Crippen LogP contribution in [0.5, 0.6) is 0 Å². The number of tetrazole rings is 1. The van der Waals surface area contributed by atoms with Crippen molar-refractivity contribution in [1.82, 2.24) is 30.6 Å². The van der Waals surface area contributed by atoms with Crippen LogP contribution in [0.3, 0.4) is 0 Å². The summed E-state index contributed by atoms with van der Waals surface area (Å²) in [6.07, 6.45) is 1.90. The van der Waals surface area contributed by atoms with E-state index in [-0.39, 0.29) is 17.9 Å². The van der Waals surface area contributed by atoms with Gasteiger partial charge in [-0.2, -0.15) is 0 Å². The van der Waals surface area contributed by atoms with Crippen molar-refractivity contribution in [2.24, 2.45) is 5.92 Å². The Labute approximate surface area is 122 Å². The molecule has 8 nitrogen and oxygen atoms in total. The van der Waals surface area contributed by atoms with Crippen LogP contribution in [0.25, 0.3) is 5.65 Å². The Kier molecular flexibility index (Phi) is 3.68. The number of carbonyl (C=O) groups excluding carboxylic acids is 1. The van der Waals surface area contributed by atoms with E-state index in [0.29, 0.717) is 12.2 Å². The summed E-state index contributed by atoms with van der Waals surface area (Å²) in [7, 11) is 0. The molecule has 3 rings (SSSR count). The van der Waals surface area contributed by atoms with Gasteiger partial charge in [0.25, 0.3) is 0 Å². The third kappa shape index (κ3) is 2.93. The zero-order valence-electron chi connectivity index (χ0n) is 12.2. The molecule has 0 aromatic carbocycles. The maximum Gasteiger partial charge on any atom is 0.225 e. The van der Waals surface area contributed by atoms with E-state index in [9.17, 15) is 4.79 Å². The fourth-order valence-corrected chi connectivity index (χ4v) is 2.61. The Morgan fingerprint density at radius 3 is 3.10 bits per heavy atom. The Morgan fingerprint density at radius 1 is 1.43 bits per heavy atom. The van der Waals surface area contributed by atoms with E-state index in [4.69, 9.17) is 0 Å². The molecule has 1 saturated heterocycles. The minimum absolute atomic E-state index is 0.00696. The first-order valence-electron chi connectivity index (χ1n) is 7.24. The van der Waals surface area contributed by atoms with Crippen LogP contribution in [0.15, 0.2) is 12.1 Å². The van der Waals surface area contributed by atoms with Gasteiger partial charge in [-0.25, -0.2) is 0 Å². The van der Waals surface area contributed by atoms with Crippen molar-refractivity contribution in [2.75, 3.05) is 18.0 Å². The lowest BCUT2D eigenvalue weighted by atomic mass is 9.97. The average molecular weight is 289 g/mol. The van der Waals surface area contributed by atoms with Gasteiger partial charge in [0.05, 0.1) is 5.92 Å². The average Bonchev–Trinajstić information content (AvgIpc) is 2.94. The molecule has 1 N–H and O–H groups in total. The highest BCUT2D eigenvalue weighted by atomic mass is 16.2. The van der Waals surface area contributed by atoms with Crippen molar-refractivity contribution >= 4 is 17.4 Å². The van der Waals surface area contributed by atoms with Gasteiger partial charge in [-0.05, 0) is 49.2 Å². The highest BCUT2D eigenvalue weighted by Gasteiger charge is 2.27. The summed E-state index contributed by atoms with van der Waals surface area (Å²) in [4.78, 5) is 14.3. The Hall–Kier alpha value is -2.25. The van der Waals surface area contributed by atoms with Crippen LogP contribution in [0, 0.1) is 5.92 Å². The van der Waals surface area contributed by atoms with Crippen LogP contribution in [0.4, 0.5) is 5.82 Å². The third-order valence-electron chi connectivity index (χ3n) is 3.60. The van der Waals surface area contributed by atoms with Gasteiger partial charge < -0.3 is 10.2 Å². The van der Waals surface area contributed by atoms with Crippen molar-refractivity contribution in [3.8, 4) is 0 Å². The molecule has 0 bridgehead atoms. The third-order valence-corrected chi connectivity index (χ3v) is 3.60. The van der Waals surface area contributed by atoms with Crippen LogP contribution in [0.2, 0.25) is 0 Å². The van der Waals surface area contributed by atoms with E-state index in [1.807, 2.05) is 26.0 Å². The topological polar surface area (TPSA) is 88.3 Å². The van der Waals surface area contributed by atoms with Crippen molar-refractivity contribution in [3.63, 3.8) is 0 Å². The zero-order valence-corrected chi connectivity index (χ0v) is 12.2. The second-order valence-electron chi connectivity index (χ2n) is 5.67. The van der Waals surface area contributed by atoms with Gasteiger partial charge in [0, 0.05) is 19.1 Å². The number of piperidine rings is 1. The first kappa shape index (κ1) is 13.7. The van der Waals surface area contributed by atoms with Gasteiger partial charge >= 0.3 is 0 Å². The summed E-state index contributed by atoms with van der Waals surface area (Å²) in [5, 5.41) is 18.6. The van der Waals surface area contributed by atoms with E-state index in [1.165, 1.54) is 4.63 Å². The largest absolute Gasteiger partial charge is 0.354 e. The molecule has 1 aliphatic heterocycles. The van der Waals surface area contributed by atoms with Crippen LogP contribution >= 0.6 is 0 Å². The SMILES string of the molecule is CC(C)NC(=O)C1CCCN(c2ccc3nnnn3n2)C1. The number of nitrogens with one attached hydrogen (secondary N) is 1. The standard InChI is InChI=1S/C13H19N7O/c1-9(2)14-13(21)10-4-3-7-19(8-10)12-6-5-11-15-17-18-20(11)16-12/h5-6,9-10H,3-4,7-8H2,1-2H3,(H,14,21). The Balaban J connectivity index is 1.74. The first-order chi connectivity index (χ1) is 10.1. The minimum Gasteiger partial charge on any atom is -0.354 e. The molecule has 2 aromatic rings. The predicted octanol–water partition coefficient (Wildman–Crippen LogP) is 0.260. The molecular weight excluding hydrogens is 270 g/mol. The van der Waals surface area contributed by atoms with Gasteiger partial charge in [-0.1, -0.05) is 0 Å². The molecule has 1 aliphatic rings. The minimum atomic E-state index is 0.00696. The number of rotatable bonds is 3. The number of aromatic nitrogens is 5. The summed E-state index contributed by atoms with van der Waals surface area (Å²) >= 11 is 0. The maximum absolute atomic E-state index is 12.2. The van der Waals surface area contributed by atoms with E-state index >= 15 is 0 Å². The van der Waals surface area contributed by atoms with Crippen molar-refractivity contribution in [2.45, 2.75) is 32.7 Å². The van der Waals surface area contributed by atoms with Gasteiger partial charge in [-0.15, -0.1) is 14.8 Å². The summed E-state index contributed by atoms with van der Waals surface area (Å²) in [6, 6.07) is 3.90. The Bertz CT molecular complexity index is 638.